The average molecular weight is 376 g/mol. The zero-order valence-corrected chi connectivity index (χ0v) is 15.6. The van der Waals surface area contributed by atoms with Crippen LogP contribution in [0.25, 0.3) is 10.9 Å². The number of hydrogen-bond donors (Lipinski definition) is 1. The van der Waals surface area contributed by atoms with Gasteiger partial charge in [0.05, 0.1) is 23.8 Å². The van der Waals surface area contributed by atoms with Crippen LogP contribution in [0.1, 0.15) is 50.1 Å². The fourth-order valence-corrected chi connectivity index (χ4v) is 4.29. The van der Waals surface area contributed by atoms with E-state index in [1.165, 1.54) is 5.56 Å². The Bertz CT molecular complexity index is 826. The smallest absolute Gasteiger partial charge is 0.317 e. The molecule has 1 aliphatic carbocycles. The van der Waals surface area contributed by atoms with E-state index >= 15 is 0 Å². The fraction of sp³-hybridized carbons (Fsp3) is 0.600. The van der Waals surface area contributed by atoms with Crippen LogP contribution < -0.4 is 5.32 Å². The predicted octanol–water partition coefficient (Wildman–Crippen LogP) is 4.27. The molecule has 1 aliphatic heterocycles. The van der Waals surface area contributed by atoms with Gasteiger partial charge in [0.25, 0.3) is 5.92 Å². The lowest BCUT2D eigenvalue weighted by molar-refractivity contribution is -0.0609. The summed E-state index contributed by atoms with van der Waals surface area (Å²) in [6, 6.07) is 5.11. The number of piperidine rings is 1. The van der Waals surface area contributed by atoms with Gasteiger partial charge >= 0.3 is 6.03 Å². The van der Waals surface area contributed by atoms with Crippen LogP contribution in [0.2, 0.25) is 0 Å². The number of fused-ring (bicyclic) bond motifs is 1. The summed E-state index contributed by atoms with van der Waals surface area (Å²) in [5.74, 6) is -2.79. The molecule has 1 aromatic heterocycles. The largest absolute Gasteiger partial charge is 0.329 e. The van der Waals surface area contributed by atoms with Gasteiger partial charge in [-0.05, 0) is 44.7 Å². The molecule has 7 heteroatoms. The minimum absolute atomic E-state index is 0.133. The van der Waals surface area contributed by atoms with Crippen LogP contribution in [0.5, 0.6) is 0 Å². The zero-order chi connectivity index (χ0) is 19.0. The number of aryl methyl sites for hydroxylation is 1. The first-order valence-electron chi connectivity index (χ1n) is 9.81. The van der Waals surface area contributed by atoms with Gasteiger partial charge in [0, 0.05) is 24.9 Å². The Labute approximate surface area is 157 Å². The standard InChI is InChI=1S/C20H26F2N4O/c1-14-5-6-17-15(12-14)13-23-26(17)16-7-10-25(11-8-16)19(27)24-18-4-2-3-9-20(18,21)22/h5-6,12-13,16,18H,2-4,7-11H2,1H3,(H,24,27)/t18-/m1/s1. The Morgan fingerprint density at radius 1 is 1.22 bits per heavy atom. The normalized spacial score (nSPS) is 23.5. The summed E-state index contributed by atoms with van der Waals surface area (Å²) < 4.78 is 30.0. The molecule has 146 valence electrons. The number of likely N-dealkylation sites (tertiary alicyclic amines) is 1. The van der Waals surface area contributed by atoms with Gasteiger partial charge in [0.2, 0.25) is 0 Å². The molecule has 1 atom stereocenters. The van der Waals surface area contributed by atoms with Crippen molar-refractivity contribution in [3.8, 4) is 0 Å². The van der Waals surface area contributed by atoms with Gasteiger partial charge in [-0.15, -0.1) is 0 Å². The van der Waals surface area contributed by atoms with Crippen LogP contribution in [-0.4, -0.2) is 45.8 Å². The van der Waals surface area contributed by atoms with Crippen molar-refractivity contribution in [1.82, 2.24) is 20.0 Å². The molecule has 2 fully saturated rings. The Morgan fingerprint density at radius 2 is 2.00 bits per heavy atom. The van der Waals surface area contributed by atoms with Crippen molar-refractivity contribution in [1.29, 1.82) is 0 Å². The third-order valence-corrected chi connectivity index (χ3v) is 5.91. The number of urea groups is 1. The molecule has 2 heterocycles. The van der Waals surface area contributed by atoms with Crippen molar-refractivity contribution in [2.75, 3.05) is 13.1 Å². The molecule has 1 N–H and O–H groups in total. The highest BCUT2D eigenvalue weighted by molar-refractivity contribution is 5.79. The Kier molecular flexibility index (Phi) is 4.78. The average Bonchev–Trinajstić information content (AvgIpc) is 3.06. The topological polar surface area (TPSA) is 50.2 Å². The number of nitrogens with zero attached hydrogens (tertiary/aromatic N) is 3. The lowest BCUT2D eigenvalue weighted by Crippen LogP contribution is -2.54. The monoisotopic (exact) mass is 376 g/mol. The summed E-state index contributed by atoms with van der Waals surface area (Å²) in [6.07, 6.45) is 4.93. The second-order valence-corrected chi connectivity index (χ2v) is 7.88. The van der Waals surface area contributed by atoms with E-state index in [0.717, 1.165) is 30.2 Å². The van der Waals surface area contributed by atoms with Gasteiger partial charge in [0.1, 0.15) is 0 Å². The van der Waals surface area contributed by atoms with Crippen LogP contribution in [0.4, 0.5) is 13.6 Å². The Hall–Kier alpha value is -2.18. The van der Waals surface area contributed by atoms with E-state index in [1.807, 2.05) is 10.9 Å². The molecule has 5 nitrogen and oxygen atoms in total. The lowest BCUT2D eigenvalue weighted by atomic mass is 9.91. The van der Waals surface area contributed by atoms with E-state index in [9.17, 15) is 13.6 Å². The molecule has 2 aliphatic rings. The summed E-state index contributed by atoms with van der Waals surface area (Å²) in [5.41, 5.74) is 2.30. The second-order valence-electron chi connectivity index (χ2n) is 7.88. The molecule has 0 unspecified atom stereocenters. The highest BCUT2D eigenvalue weighted by Gasteiger charge is 2.42. The molecule has 2 aromatic rings. The molecule has 1 aromatic carbocycles. The quantitative estimate of drug-likeness (QED) is 0.851. The maximum atomic E-state index is 14.0. The number of carbonyl (C=O) groups excluding carboxylic acids is 1. The van der Waals surface area contributed by atoms with Gasteiger partial charge in [0.15, 0.2) is 0 Å². The van der Waals surface area contributed by atoms with E-state index in [2.05, 4.69) is 35.5 Å². The van der Waals surface area contributed by atoms with E-state index in [-0.39, 0.29) is 18.5 Å². The number of halogens is 2. The van der Waals surface area contributed by atoms with Gasteiger partial charge in [-0.3, -0.25) is 4.68 Å². The number of aromatic nitrogens is 2. The summed E-state index contributed by atoms with van der Waals surface area (Å²) in [7, 11) is 0. The zero-order valence-electron chi connectivity index (χ0n) is 15.6. The van der Waals surface area contributed by atoms with Crippen LogP contribution in [-0.2, 0) is 0 Å². The first kappa shape index (κ1) is 18.2. The van der Waals surface area contributed by atoms with Crippen molar-refractivity contribution >= 4 is 16.9 Å². The summed E-state index contributed by atoms with van der Waals surface area (Å²) in [4.78, 5) is 14.1. The van der Waals surface area contributed by atoms with Crippen molar-refractivity contribution in [3.05, 3.63) is 30.0 Å². The number of benzene rings is 1. The van der Waals surface area contributed by atoms with Crippen molar-refractivity contribution < 1.29 is 13.6 Å². The first-order valence-corrected chi connectivity index (χ1v) is 9.81. The number of hydrogen-bond acceptors (Lipinski definition) is 2. The van der Waals surface area contributed by atoms with Gasteiger partial charge in [-0.2, -0.15) is 5.10 Å². The Morgan fingerprint density at radius 3 is 2.74 bits per heavy atom. The van der Waals surface area contributed by atoms with E-state index in [0.29, 0.717) is 25.9 Å². The van der Waals surface area contributed by atoms with Crippen molar-refractivity contribution in [2.24, 2.45) is 0 Å². The Balaban J connectivity index is 1.37. The SMILES string of the molecule is Cc1ccc2c(cnn2C2CCN(C(=O)N[C@@H]3CCCCC3(F)F)CC2)c1. The van der Waals surface area contributed by atoms with Crippen LogP contribution in [0.15, 0.2) is 24.4 Å². The molecule has 0 spiro atoms. The van der Waals surface area contributed by atoms with Crippen molar-refractivity contribution in [3.63, 3.8) is 0 Å². The van der Waals surface area contributed by atoms with E-state index in [4.69, 9.17) is 0 Å². The number of rotatable bonds is 2. The molecule has 27 heavy (non-hydrogen) atoms. The maximum Gasteiger partial charge on any atom is 0.317 e. The van der Waals surface area contributed by atoms with Gasteiger partial charge in [-0.1, -0.05) is 18.1 Å². The number of amides is 2. The third kappa shape index (κ3) is 3.64. The molecule has 2 amide bonds. The van der Waals surface area contributed by atoms with E-state index < -0.39 is 12.0 Å². The predicted molar refractivity (Wildman–Crippen MR) is 100 cm³/mol. The minimum Gasteiger partial charge on any atom is -0.329 e. The van der Waals surface area contributed by atoms with Crippen LogP contribution in [0, 0.1) is 6.92 Å². The van der Waals surface area contributed by atoms with Crippen LogP contribution in [0.3, 0.4) is 0 Å². The molecular weight excluding hydrogens is 350 g/mol. The summed E-state index contributed by atoms with van der Waals surface area (Å²) in [6.45, 7) is 3.17. The summed E-state index contributed by atoms with van der Waals surface area (Å²) in [5, 5.41) is 8.24. The third-order valence-electron chi connectivity index (χ3n) is 5.91. The summed E-state index contributed by atoms with van der Waals surface area (Å²) >= 11 is 0. The van der Waals surface area contributed by atoms with Crippen molar-refractivity contribution in [2.45, 2.75) is 63.5 Å². The number of nitrogens with one attached hydrogen (secondary N) is 1. The fourth-order valence-electron chi connectivity index (χ4n) is 4.29. The lowest BCUT2D eigenvalue weighted by Gasteiger charge is -2.36. The molecule has 4 rings (SSSR count). The minimum atomic E-state index is -2.79. The number of alkyl halides is 2. The second kappa shape index (κ2) is 7.09. The molecular formula is C20H26F2N4O. The molecule has 1 saturated carbocycles. The van der Waals surface area contributed by atoms with Gasteiger partial charge in [-0.25, -0.2) is 13.6 Å². The highest BCUT2D eigenvalue weighted by atomic mass is 19.3. The molecule has 0 bridgehead atoms. The maximum absolute atomic E-state index is 14.0. The van der Waals surface area contributed by atoms with E-state index in [1.54, 1.807) is 4.90 Å². The van der Waals surface area contributed by atoms with Crippen LogP contribution >= 0.6 is 0 Å². The number of carbonyl (C=O) groups is 1. The van der Waals surface area contributed by atoms with Gasteiger partial charge < -0.3 is 10.2 Å². The highest BCUT2D eigenvalue weighted by Crippen LogP contribution is 2.34. The first-order chi connectivity index (χ1) is 12.9. The molecule has 0 radical (unpaired) electrons. The molecule has 1 saturated heterocycles.